The third-order valence-electron chi connectivity index (χ3n) is 5.53. The summed E-state index contributed by atoms with van der Waals surface area (Å²) in [6.07, 6.45) is 5.59. The second-order valence-electron chi connectivity index (χ2n) is 7.53. The summed E-state index contributed by atoms with van der Waals surface area (Å²) in [6, 6.07) is 10.7. The van der Waals surface area contributed by atoms with Crippen LogP contribution < -0.4 is 5.73 Å². The first-order chi connectivity index (χ1) is 12.1. The summed E-state index contributed by atoms with van der Waals surface area (Å²) in [4.78, 5) is 27.8. The fraction of sp³-hybridized carbons (Fsp3) is 0.600. The number of primary amides is 1. The zero-order chi connectivity index (χ0) is 17.6. The van der Waals surface area contributed by atoms with E-state index in [0.717, 1.165) is 51.7 Å². The highest BCUT2D eigenvalue weighted by atomic mass is 16.2. The number of hydrogen-bond acceptors (Lipinski definition) is 2. The molecule has 3 rings (SSSR count). The monoisotopic (exact) mass is 343 g/mol. The Kier molecular flexibility index (Phi) is 5.95. The number of benzene rings is 1. The molecule has 1 aromatic carbocycles. The number of nitrogens with zero attached hydrogens (tertiary/aromatic N) is 2. The molecule has 3 amide bonds. The van der Waals surface area contributed by atoms with Crippen molar-refractivity contribution in [2.24, 2.45) is 17.6 Å². The summed E-state index contributed by atoms with van der Waals surface area (Å²) < 4.78 is 0. The minimum atomic E-state index is -0.263. The average molecular weight is 343 g/mol. The quantitative estimate of drug-likeness (QED) is 0.913. The molecular formula is C20H29N3O2. The molecule has 0 radical (unpaired) electrons. The van der Waals surface area contributed by atoms with Gasteiger partial charge in [0, 0.05) is 32.6 Å². The van der Waals surface area contributed by atoms with Crippen LogP contribution in [-0.2, 0) is 11.2 Å². The van der Waals surface area contributed by atoms with Gasteiger partial charge in [0.05, 0.1) is 0 Å². The molecule has 5 nitrogen and oxygen atoms in total. The third kappa shape index (κ3) is 4.97. The Bertz CT molecular complexity index is 582. The lowest BCUT2D eigenvalue weighted by atomic mass is 9.90. The van der Waals surface area contributed by atoms with Gasteiger partial charge in [-0.15, -0.1) is 0 Å². The van der Waals surface area contributed by atoms with Crippen LogP contribution in [0.25, 0.3) is 0 Å². The number of rotatable bonds is 4. The van der Waals surface area contributed by atoms with Crippen LogP contribution >= 0.6 is 0 Å². The molecule has 0 saturated carbocycles. The average Bonchev–Trinajstić information content (AvgIpc) is 2.62. The number of carbonyl (C=O) groups excluding carboxylic acids is 2. The van der Waals surface area contributed by atoms with Crippen molar-refractivity contribution in [1.82, 2.24) is 9.80 Å². The van der Waals surface area contributed by atoms with Crippen LogP contribution in [0.4, 0.5) is 4.79 Å². The highest BCUT2D eigenvalue weighted by molar-refractivity contribution is 5.76. The fourth-order valence-electron chi connectivity index (χ4n) is 4.17. The molecule has 0 bridgehead atoms. The fourth-order valence-corrected chi connectivity index (χ4v) is 4.17. The van der Waals surface area contributed by atoms with Crippen molar-refractivity contribution >= 4 is 11.9 Å². The molecule has 2 saturated heterocycles. The lowest BCUT2D eigenvalue weighted by molar-refractivity contribution is -0.119. The molecule has 25 heavy (non-hydrogen) atoms. The molecule has 136 valence electrons. The Morgan fingerprint density at radius 3 is 2.36 bits per heavy atom. The van der Waals surface area contributed by atoms with Gasteiger partial charge in [0.15, 0.2) is 0 Å². The number of piperidine rings is 2. The van der Waals surface area contributed by atoms with E-state index >= 15 is 0 Å². The van der Waals surface area contributed by atoms with Gasteiger partial charge in [-0.1, -0.05) is 30.3 Å². The molecular weight excluding hydrogens is 314 g/mol. The molecule has 0 aliphatic carbocycles. The van der Waals surface area contributed by atoms with Crippen LogP contribution in [0.1, 0.15) is 37.7 Å². The van der Waals surface area contributed by atoms with E-state index in [1.165, 1.54) is 5.56 Å². The summed E-state index contributed by atoms with van der Waals surface area (Å²) >= 11 is 0. The molecule has 1 atom stereocenters. The molecule has 1 unspecified atom stereocenters. The second kappa shape index (κ2) is 8.37. The highest BCUT2D eigenvalue weighted by Crippen LogP contribution is 2.25. The lowest BCUT2D eigenvalue weighted by Gasteiger charge is -2.39. The van der Waals surface area contributed by atoms with E-state index in [4.69, 9.17) is 5.73 Å². The van der Waals surface area contributed by atoms with Gasteiger partial charge in [0.1, 0.15) is 0 Å². The number of amides is 3. The van der Waals surface area contributed by atoms with Crippen LogP contribution in [0.2, 0.25) is 0 Å². The molecule has 5 heteroatoms. The Balaban J connectivity index is 1.47. The van der Waals surface area contributed by atoms with Crippen LogP contribution in [0, 0.1) is 11.8 Å². The van der Waals surface area contributed by atoms with Gasteiger partial charge < -0.3 is 15.5 Å². The van der Waals surface area contributed by atoms with Crippen molar-refractivity contribution in [3.05, 3.63) is 35.9 Å². The van der Waals surface area contributed by atoms with E-state index in [2.05, 4.69) is 30.3 Å². The molecule has 0 aromatic heterocycles. The van der Waals surface area contributed by atoms with Gasteiger partial charge in [0.2, 0.25) is 5.91 Å². The molecule has 1 aromatic rings. The third-order valence-corrected chi connectivity index (χ3v) is 5.53. The van der Waals surface area contributed by atoms with Crippen LogP contribution in [0.15, 0.2) is 30.3 Å². The first-order valence-corrected chi connectivity index (χ1v) is 9.48. The molecule has 2 N–H and O–H groups in total. The van der Waals surface area contributed by atoms with E-state index in [-0.39, 0.29) is 17.9 Å². The van der Waals surface area contributed by atoms with Crippen molar-refractivity contribution in [3.8, 4) is 0 Å². The minimum Gasteiger partial charge on any atom is -0.370 e. The van der Waals surface area contributed by atoms with Gasteiger partial charge in [-0.2, -0.15) is 0 Å². The van der Waals surface area contributed by atoms with Crippen molar-refractivity contribution in [2.75, 3.05) is 26.2 Å². The Morgan fingerprint density at radius 1 is 0.960 bits per heavy atom. The van der Waals surface area contributed by atoms with Crippen molar-refractivity contribution in [3.63, 3.8) is 0 Å². The number of carbonyl (C=O) groups is 2. The van der Waals surface area contributed by atoms with Crippen LogP contribution in [0.3, 0.4) is 0 Å². The molecule has 2 fully saturated rings. The lowest BCUT2D eigenvalue weighted by Crippen LogP contribution is -2.50. The number of urea groups is 1. The maximum atomic E-state index is 12.8. The van der Waals surface area contributed by atoms with Crippen LogP contribution in [0.5, 0.6) is 0 Å². The standard InChI is InChI=1S/C20H29N3O2/c21-19(24)14-18-7-4-10-23(15-18)20(25)22-11-8-17(9-12-22)13-16-5-2-1-3-6-16/h1-3,5-6,17-18H,4,7-15H2,(H2,21,24). The predicted molar refractivity (Wildman–Crippen MR) is 97.9 cm³/mol. The van der Waals surface area contributed by atoms with Gasteiger partial charge in [-0.05, 0) is 49.5 Å². The summed E-state index contributed by atoms with van der Waals surface area (Å²) in [7, 11) is 0. The van der Waals surface area contributed by atoms with E-state index in [1.54, 1.807) is 0 Å². The van der Waals surface area contributed by atoms with Crippen LogP contribution in [-0.4, -0.2) is 47.9 Å². The van der Waals surface area contributed by atoms with Crippen molar-refractivity contribution < 1.29 is 9.59 Å². The van der Waals surface area contributed by atoms with Gasteiger partial charge in [-0.3, -0.25) is 4.79 Å². The molecule has 2 aliphatic rings. The largest absolute Gasteiger partial charge is 0.370 e. The highest BCUT2D eigenvalue weighted by Gasteiger charge is 2.30. The minimum absolute atomic E-state index is 0.146. The van der Waals surface area contributed by atoms with Crippen molar-refractivity contribution in [2.45, 2.75) is 38.5 Å². The molecule has 0 spiro atoms. The zero-order valence-electron chi connectivity index (χ0n) is 14.9. The summed E-state index contributed by atoms with van der Waals surface area (Å²) in [6.45, 7) is 3.16. The van der Waals surface area contributed by atoms with Crippen molar-refractivity contribution in [1.29, 1.82) is 0 Å². The number of likely N-dealkylation sites (tertiary alicyclic amines) is 2. The van der Waals surface area contributed by atoms with Gasteiger partial charge in [0.25, 0.3) is 0 Å². The molecule has 2 heterocycles. The first kappa shape index (κ1) is 17.8. The second-order valence-corrected chi connectivity index (χ2v) is 7.53. The van der Waals surface area contributed by atoms with E-state index in [1.807, 2.05) is 9.80 Å². The smallest absolute Gasteiger partial charge is 0.320 e. The van der Waals surface area contributed by atoms with E-state index < -0.39 is 0 Å². The Labute approximate surface area is 150 Å². The summed E-state index contributed by atoms with van der Waals surface area (Å²) in [5, 5.41) is 0. The maximum absolute atomic E-state index is 12.8. The number of nitrogens with two attached hydrogens (primary N) is 1. The van der Waals surface area contributed by atoms with Gasteiger partial charge in [-0.25, -0.2) is 4.79 Å². The Morgan fingerprint density at radius 2 is 1.68 bits per heavy atom. The maximum Gasteiger partial charge on any atom is 0.320 e. The summed E-state index contributed by atoms with van der Waals surface area (Å²) in [5.74, 6) is 0.627. The van der Waals surface area contributed by atoms with E-state index in [9.17, 15) is 9.59 Å². The summed E-state index contributed by atoms with van der Waals surface area (Å²) in [5.41, 5.74) is 6.70. The predicted octanol–water partition coefficient (Wildman–Crippen LogP) is 2.65. The zero-order valence-corrected chi connectivity index (χ0v) is 14.9. The Hall–Kier alpha value is -2.04. The number of hydrogen-bond donors (Lipinski definition) is 1. The normalized spacial score (nSPS) is 22.0. The topological polar surface area (TPSA) is 66.6 Å². The molecule has 2 aliphatic heterocycles. The first-order valence-electron chi connectivity index (χ1n) is 9.48. The van der Waals surface area contributed by atoms with E-state index in [0.29, 0.717) is 18.9 Å². The van der Waals surface area contributed by atoms with Gasteiger partial charge >= 0.3 is 6.03 Å². The SMILES string of the molecule is NC(=O)CC1CCCN(C(=O)N2CCC(Cc3ccccc3)CC2)C1.